The number of benzene rings is 3. The summed E-state index contributed by atoms with van der Waals surface area (Å²) in [5, 5.41) is 33.7. The van der Waals surface area contributed by atoms with Crippen molar-refractivity contribution in [1.82, 2.24) is 4.98 Å². The van der Waals surface area contributed by atoms with Crippen LogP contribution < -0.4 is 5.11 Å². The number of aliphatic imine (C=N–C) groups is 1. The number of nitro groups is 1. The highest BCUT2D eigenvalue weighted by atomic mass is 32.1. The highest BCUT2D eigenvalue weighted by Crippen LogP contribution is 2.37. The van der Waals surface area contributed by atoms with Gasteiger partial charge in [0.15, 0.2) is 0 Å². The fourth-order valence-electron chi connectivity index (χ4n) is 2.66. The lowest BCUT2D eigenvalue weighted by molar-refractivity contribution is -0.385. The van der Waals surface area contributed by atoms with Gasteiger partial charge in [0, 0.05) is 18.3 Å². The molecule has 0 unspecified atom stereocenters. The second-order valence-electron chi connectivity index (χ2n) is 5.93. The number of non-ortho nitro benzene ring substituents is 1. The average molecular weight is 390 g/mol. The fourth-order valence-corrected chi connectivity index (χ4v) is 3.65. The van der Waals surface area contributed by atoms with Gasteiger partial charge in [-0.25, -0.2) is 4.98 Å². The molecule has 0 saturated carbocycles. The molecule has 7 nitrogen and oxygen atoms in total. The number of phenolic OH excluding ortho intramolecular Hbond substituents is 1. The third kappa shape index (κ3) is 3.40. The van der Waals surface area contributed by atoms with E-state index < -0.39 is 4.92 Å². The molecule has 1 aromatic heterocycles. The number of phenols is 1. The van der Waals surface area contributed by atoms with Crippen LogP contribution in [-0.4, -0.2) is 21.2 Å². The maximum atomic E-state index is 11.9. The van der Waals surface area contributed by atoms with Crippen LogP contribution in [0.5, 0.6) is 11.5 Å². The normalized spacial score (nSPS) is 11.3. The number of rotatable bonds is 4. The minimum absolute atomic E-state index is 0.0675. The van der Waals surface area contributed by atoms with E-state index in [0.717, 1.165) is 22.3 Å². The molecular formula is C20H12N3O4S-. The van der Waals surface area contributed by atoms with E-state index in [-0.39, 0.29) is 22.7 Å². The quantitative estimate of drug-likeness (QED) is 0.315. The van der Waals surface area contributed by atoms with E-state index in [1.54, 1.807) is 12.1 Å². The first-order valence-corrected chi connectivity index (χ1v) is 9.01. The standard InChI is InChI=1S/C20H13N3O4S/c24-17-8-6-14(23(26)27)9-12(17)11-21-13-5-7-18(25)15(10-13)20-22-16-3-1-2-4-19(16)28-20/h1-11,24-25H/p-1. The average Bonchev–Trinajstić information content (AvgIpc) is 3.12. The number of aromatic nitrogens is 1. The molecule has 3 aromatic carbocycles. The van der Waals surface area contributed by atoms with Crippen LogP contribution in [0.4, 0.5) is 11.4 Å². The first-order chi connectivity index (χ1) is 13.5. The summed E-state index contributed by atoms with van der Waals surface area (Å²) in [4.78, 5) is 19.1. The van der Waals surface area contributed by atoms with Crippen molar-refractivity contribution in [3.05, 3.63) is 76.3 Å². The molecule has 138 valence electrons. The van der Waals surface area contributed by atoms with Gasteiger partial charge in [0.2, 0.25) is 0 Å². The summed E-state index contributed by atoms with van der Waals surface area (Å²) in [5.41, 5.74) is 1.78. The molecule has 0 aliphatic heterocycles. The highest BCUT2D eigenvalue weighted by Gasteiger charge is 2.11. The largest absolute Gasteiger partial charge is 0.872 e. The minimum Gasteiger partial charge on any atom is -0.872 e. The molecule has 0 aliphatic rings. The maximum absolute atomic E-state index is 11.9. The molecule has 28 heavy (non-hydrogen) atoms. The number of aromatic hydroxyl groups is 1. The Morgan fingerprint density at radius 1 is 1.11 bits per heavy atom. The molecule has 1 N–H and O–H groups in total. The third-order valence-electron chi connectivity index (χ3n) is 4.06. The molecule has 0 saturated heterocycles. The summed E-state index contributed by atoms with van der Waals surface area (Å²) in [7, 11) is 0. The van der Waals surface area contributed by atoms with Crippen LogP contribution in [0.2, 0.25) is 0 Å². The van der Waals surface area contributed by atoms with E-state index in [9.17, 15) is 20.3 Å². The van der Waals surface area contributed by atoms with Crippen molar-refractivity contribution < 1.29 is 15.1 Å². The zero-order chi connectivity index (χ0) is 19.7. The van der Waals surface area contributed by atoms with Crippen LogP contribution in [0.15, 0.2) is 65.7 Å². The van der Waals surface area contributed by atoms with Crippen LogP contribution in [0.25, 0.3) is 20.8 Å². The van der Waals surface area contributed by atoms with E-state index in [4.69, 9.17) is 0 Å². The predicted octanol–water partition coefficient (Wildman–Crippen LogP) is 4.40. The van der Waals surface area contributed by atoms with E-state index in [1.165, 1.54) is 29.7 Å². The van der Waals surface area contributed by atoms with Gasteiger partial charge in [-0.15, -0.1) is 11.3 Å². The van der Waals surface area contributed by atoms with Crippen molar-refractivity contribution in [2.45, 2.75) is 0 Å². The first-order valence-electron chi connectivity index (χ1n) is 8.20. The predicted molar refractivity (Wildman–Crippen MR) is 107 cm³/mol. The Kier molecular flexibility index (Phi) is 4.46. The van der Waals surface area contributed by atoms with Crippen molar-refractivity contribution in [3.63, 3.8) is 0 Å². The number of nitro benzene ring substituents is 1. The molecule has 0 bridgehead atoms. The summed E-state index contributed by atoms with van der Waals surface area (Å²) >= 11 is 1.45. The Morgan fingerprint density at radius 3 is 2.71 bits per heavy atom. The van der Waals surface area contributed by atoms with Crippen molar-refractivity contribution in [2.75, 3.05) is 0 Å². The number of thiazole rings is 1. The monoisotopic (exact) mass is 390 g/mol. The number of para-hydroxylation sites is 1. The first kappa shape index (κ1) is 17.6. The van der Waals surface area contributed by atoms with Gasteiger partial charge >= 0.3 is 0 Å². The Balaban J connectivity index is 1.70. The molecule has 4 rings (SSSR count). The van der Waals surface area contributed by atoms with Gasteiger partial charge in [-0.3, -0.25) is 15.1 Å². The number of hydrogen-bond acceptors (Lipinski definition) is 7. The number of nitrogens with zero attached hydrogens (tertiary/aromatic N) is 3. The van der Waals surface area contributed by atoms with Gasteiger partial charge in [-0.1, -0.05) is 23.9 Å². The second-order valence-corrected chi connectivity index (χ2v) is 6.96. The third-order valence-corrected chi connectivity index (χ3v) is 5.13. The molecule has 0 aliphatic carbocycles. The summed E-state index contributed by atoms with van der Waals surface area (Å²) < 4.78 is 0.999. The smallest absolute Gasteiger partial charge is 0.270 e. The molecule has 8 heteroatoms. The Morgan fingerprint density at radius 2 is 1.93 bits per heavy atom. The summed E-state index contributed by atoms with van der Waals surface area (Å²) in [5.74, 6) is -0.294. The SMILES string of the molecule is O=[N+]([O-])c1ccc([O-])c(C=Nc2ccc(O)c(-c3nc4ccccc4s3)c2)c1. The molecular weight excluding hydrogens is 378 g/mol. The van der Waals surface area contributed by atoms with Crippen molar-refractivity contribution >= 4 is 39.1 Å². The molecule has 0 atom stereocenters. The summed E-state index contributed by atoms with van der Waals surface area (Å²) in [6, 6.07) is 15.9. The van der Waals surface area contributed by atoms with Crippen LogP contribution >= 0.6 is 11.3 Å². The molecule has 0 fully saturated rings. The lowest BCUT2D eigenvalue weighted by Gasteiger charge is -2.08. The fraction of sp³-hybridized carbons (Fsp3) is 0. The molecule has 0 spiro atoms. The zero-order valence-corrected chi connectivity index (χ0v) is 15.1. The van der Waals surface area contributed by atoms with Crippen molar-refractivity contribution in [3.8, 4) is 22.1 Å². The Hall–Kier alpha value is -3.78. The Labute approximate surface area is 163 Å². The second kappa shape index (κ2) is 7.09. The lowest BCUT2D eigenvalue weighted by Crippen LogP contribution is -1.98. The van der Waals surface area contributed by atoms with Crippen molar-refractivity contribution in [1.29, 1.82) is 0 Å². The van der Waals surface area contributed by atoms with E-state index in [1.807, 2.05) is 24.3 Å². The molecule has 1 heterocycles. The number of hydrogen-bond donors (Lipinski definition) is 1. The van der Waals surface area contributed by atoms with E-state index >= 15 is 0 Å². The van der Waals surface area contributed by atoms with E-state index in [0.29, 0.717) is 16.3 Å². The van der Waals surface area contributed by atoms with E-state index in [2.05, 4.69) is 9.98 Å². The van der Waals surface area contributed by atoms with Gasteiger partial charge < -0.3 is 10.2 Å². The van der Waals surface area contributed by atoms with Gasteiger partial charge in [0.05, 0.1) is 26.4 Å². The lowest BCUT2D eigenvalue weighted by atomic mass is 10.1. The Bertz CT molecular complexity index is 1200. The van der Waals surface area contributed by atoms with Crippen LogP contribution in [0, 0.1) is 10.1 Å². The zero-order valence-electron chi connectivity index (χ0n) is 14.3. The topological polar surface area (TPSA) is 112 Å². The molecule has 4 aromatic rings. The van der Waals surface area contributed by atoms with Crippen LogP contribution in [0.1, 0.15) is 5.56 Å². The number of fused-ring (bicyclic) bond motifs is 1. The summed E-state index contributed by atoms with van der Waals surface area (Å²) in [6.07, 6.45) is 1.28. The van der Waals surface area contributed by atoms with Gasteiger partial charge in [-0.05, 0) is 35.9 Å². The maximum Gasteiger partial charge on any atom is 0.270 e. The van der Waals surface area contributed by atoms with Gasteiger partial charge in [-0.2, -0.15) is 0 Å². The molecule has 0 radical (unpaired) electrons. The summed E-state index contributed by atoms with van der Waals surface area (Å²) in [6.45, 7) is 0. The minimum atomic E-state index is -0.567. The van der Waals surface area contributed by atoms with Crippen LogP contribution in [0.3, 0.4) is 0 Å². The highest BCUT2D eigenvalue weighted by molar-refractivity contribution is 7.21. The van der Waals surface area contributed by atoms with Gasteiger partial charge in [0.25, 0.3) is 5.69 Å². The van der Waals surface area contributed by atoms with Crippen molar-refractivity contribution in [2.24, 2.45) is 4.99 Å². The van der Waals surface area contributed by atoms with Crippen LogP contribution in [-0.2, 0) is 0 Å². The van der Waals surface area contributed by atoms with Gasteiger partial charge in [0.1, 0.15) is 10.8 Å². The molecule has 0 amide bonds.